The van der Waals surface area contributed by atoms with Crippen LogP contribution in [-0.4, -0.2) is 16.0 Å². The molecule has 1 aliphatic rings. The lowest BCUT2D eigenvalue weighted by molar-refractivity contribution is 0.608. The summed E-state index contributed by atoms with van der Waals surface area (Å²) in [5, 5.41) is 3.59. The van der Waals surface area contributed by atoms with Gasteiger partial charge in [-0.05, 0) is 43.7 Å². The zero-order valence-corrected chi connectivity index (χ0v) is 12.2. The molecule has 1 aliphatic carbocycles. The van der Waals surface area contributed by atoms with Crippen molar-refractivity contribution in [3.05, 3.63) is 53.0 Å². The van der Waals surface area contributed by atoms with Crippen molar-refractivity contribution in [2.24, 2.45) is 0 Å². The summed E-state index contributed by atoms with van der Waals surface area (Å²) < 4.78 is 0. The Hall–Kier alpha value is -1.90. The van der Waals surface area contributed by atoms with Crippen LogP contribution in [0.4, 0.5) is 5.82 Å². The SMILES string of the molecule is CCc1cc(NC2CCc3ccccc3C2)nc(C)n1. The number of hydrogen-bond donors (Lipinski definition) is 1. The van der Waals surface area contributed by atoms with Crippen molar-refractivity contribution in [1.29, 1.82) is 0 Å². The number of hydrogen-bond acceptors (Lipinski definition) is 3. The molecule has 0 aliphatic heterocycles. The molecule has 104 valence electrons. The first-order valence-electron chi connectivity index (χ1n) is 7.42. The van der Waals surface area contributed by atoms with E-state index in [-0.39, 0.29) is 0 Å². The minimum atomic E-state index is 0.476. The van der Waals surface area contributed by atoms with Gasteiger partial charge in [0.1, 0.15) is 11.6 Å². The lowest BCUT2D eigenvalue weighted by atomic mass is 9.88. The lowest BCUT2D eigenvalue weighted by Gasteiger charge is -2.26. The zero-order chi connectivity index (χ0) is 13.9. The van der Waals surface area contributed by atoms with Crippen LogP contribution in [0.15, 0.2) is 30.3 Å². The second-order valence-corrected chi connectivity index (χ2v) is 5.50. The Morgan fingerprint density at radius 1 is 1.20 bits per heavy atom. The maximum absolute atomic E-state index is 4.51. The van der Waals surface area contributed by atoms with Gasteiger partial charge in [-0.25, -0.2) is 9.97 Å². The Morgan fingerprint density at radius 2 is 2.00 bits per heavy atom. The molecule has 1 unspecified atom stereocenters. The normalized spacial score (nSPS) is 17.6. The van der Waals surface area contributed by atoms with Gasteiger partial charge in [0.15, 0.2) is 0 Å². The molecule has 1 atom stereocenters. The van der Waals surface area contributed by atoms with Crippen molar-refractivity contribution in [2.45, 2.75) is 45.6 Å². The first-order chi connectivity index (χ1) is 9.74. The van der Waals surface area contributed by atoms with E-state index in [4.69, 9.17) is 0 Å². The molecule has 0 spiro atoms. The van der Waals surface area contributed by atoms with E-state index in [9.17, 15) is 0 Å². The van der Waals surface area contributed by atoms with Crippen molar-refractivity contribution in [3.8, 4) is 0 Å². The van der Waals surface area contributed by atoms with Crippen LogP contribution in [0.3, 0.4) is 0 Å². The van der Waals surface area contributed by atoms with Gasteiger partial charge in [0.25, 0.3) is 0 Å². The second-order valence-electron chi connectivity index (χ2n) is 5.50. The maximum atomic E-state index is 4.51. The first-order valence-corrected chi connectivity index (χ1v) is 7.42. The van der Waals surface area contributed by atoms with Gasteiger partial charge in [-0.1, -0.05) is 31.2 Å². The third-order valence-corrected chi connectivity index (χ3v) is 3.95. The molecular formula is C17H21N3. The highest BCUT2D eigenvalue weighted by Gasteiger charge is 2.18. The highest BCUT2D eigenvalue weighted by Crippen LogP contribution is 2.23. The monoisotopic (exact) mass is 267 g/mol. The quantitative estimate of drug-likeness (QED) is 0.927. The van der Waals surface area contributed by atoms with Crippen LogP contribution in [0.2, 0.25) is 0 Å². The molecule has 0 amide bonds. The molecule has 3 nitrogen and oxygen atoms in total. The van der Waals surface area contributed by atoms with Gasteiger partial charge < -0.3 is 5.32 Å². The molecule has 0 saturated heterocycles. The Labute approximate surface area is 120 Å². The van der Waals surface area contributed by atoms with Crippen LogP contribution in [0.5, 0.6) is 0 Å². The number of benzene rings is 1. The third kappa shape index (κ3) is 2.82. The number of aryl methyl sites for hydroxylation is 3. The van der Waals surface area contributed by atoms with Gasteiger partial charge in [0.2, 0.25) is 0 Å². The maximum Gasteiger partial charge on any atom is 0.130 e. The Bertz CT molecular complexity index is 607. The Morgan fingerprint density at radius 3 is 2.80 bits per heavy atom. The second kappa shape index (κ2) is 5.61. The molecule has 0 fully saturated rings. The van der Waals surface area contributed by atoms with Gasteiger partial charge in [0, 0.05) is 17.8 Å². The van der Waals surface area contributed by atoms with Crippen LogP contribution in [0.1, 0.15) is 36.0 Å². The van der Waals surface area contributed by atoms with E-state index in [0.717, 1.165) is 36.6 Å². The standard InChI is InChI=1S/C17H21N3/c1-3-15-11-17(19-12(2)18-15)20-16-9-8-13-6-4-5-7-14(13)10-16/h4-7,11,16H,3,8-10H2,1-2H3,(H,18,19,20). The summed E-state index contributed by atoms with van der Waals surface area (Å²) in [5.74, 6) is 1.82. The summed E-state index contributed by atoms with van der Waals surface area (Å²) in [6, 6.07) is 11.3. The van der Waals surface area contributed by atoms with Crippen molar-refractivity contribution < 1.29 is 0 Å². The molecule has 0 radical (unpaired) electrons. The molecule has 0 bridgehead atoms. The highest BCUT2D eigenvalue weighted by atomic mass is 15.0. The molecule has 20 heavy (non-hydrogen) atoms. The highest BCUT2D eigenvalue weighted by molar-refractivity contribution is 5.40. The molecule has 1 aromatic heterocycles. The van der Waals surface area contributed by atoms with Crippen LogP contribution in [0.25, 0.3) is 0 Å². The average Bonchev–Trinajstić information content (AvgIpc) is 2.46. The number of rotatable bonds is 3. The average molecular weight is 267 g/mol. The van der Waals surface area contributed by atoms with Gasteiger partial charge >= 0.3 is 0 Å². The summed E-state index contributed by atoms with van der Waals surface area (Å²) in [4.78, 5) is 8.94. The van der Waals surface area contributed by atoms with Gasteiger partial charge in [-0.2, -0.15) is 0 Å². The summed E-state index contributed by atoms with van der Waals surface area (Å²) in [6.45, 7) is 4.09. The predicted octanol–water partition coefficient (Wildman–Crippen LogP) is 3.32. The molecule has 2 aromatic rings. The van der Waals surface area contributed by atoms with Crippen LogP contribution >= 0.6 is 0 Å². The summed E-state index contributed by atoms with van der Waals surface area (Å²) in [7, 11) is 0. The molecule has 1 N–H and O–H groups in total. The molecule has 3 rings (SSSR count). The fourth-order valence-electron chi connectivity index (χ4n) is 2.91. The molecule has 1 aromatic carbocycles. The van der Waals surface area contributed by atoms with Crippen molar-refractivity contribution >= 4 is 5.82 Å². The van der Waals surface area contributed by atoms with E-state index in [0.29, 0.717) is 6.04 Å². The Balaban J connectivity index is 1.75. The van der Waals surface area contributed by atoms with Crippen LogP contribution < -0.4 is 5.32 Å². The molecule has 1 heterocycles. The Kier molecular flexibility index (Phi) is 3.68. The number of fused-ring (bicyclic) bond motifs is 1. The summed E-state index contributed by atoms with van der Waals surface area (Å²) >= 11 is 0. The van der Waals surface area contributed by atoms with Gasteiger partial charge in [-0.3, -0.25) is 0 Å². The number of nitrogens with zero attached hydrogens (tertiary/aromatic N) is 2. The van der Waals surface area contributed by atoms with E-state index < -0.39 is 0 Å². The molecule has 3 heteroatoms. The van der Waals surface area contributed by atoms with Crippen molar-refractivity contribution in [3.63, 3.8) is 0 Å². The summed E-state index contributed by atoms with van der Waals surface area (Å²) in [6.07, 6.45) is 4.35. The van der Waals surface area contributed by atoms with E-state index in [1.165, 1.54) is 17.5 Å². The topological polar surface area (TPSA) is 37.8 Å². The zero-order valence-electron chi connectivity index (χ0n) is 12.2. The van der Waals surface area contributed by atoms with Gasteiger partial charge in [0.05, 0.1) is 0 Å². The van der Waals surface area contributed by atoms with E-state index >= 15 is 0 Å². The number of anilines is 1. The number of nitrogens with one attached hydrogen (secondary N) is 1. The fraction of sp³-hybridized carbons (Fsp3) is 0.412. The molecule has 0 saturated carbocycles. The minimum absolute atomic E-state index is 0.476. The van der Waals surface area contributed by atoms with E-state index in [1.807, 2.05) is 6.92 Å². The van der Waals surface area contributed by atoms with Crippen LogP contribution in [-0.2, 0) is 19.3 Å². The van der Waals surface area contributed by atoms with Crippen molar-refractivity contribution in [2.75, 3.05) is 5.32 Å². The van der Waals surface area contributed by atoms with Gasteiger partial charge in [-0.15, -0.1) is 0 Å². The van der Waals surface area contributed by atoms with E-state index in [2.05, 4.69) is 52.5 Å². The predicted molar refractivity (Wildman–Crippen MR) is 82.0 cm³/mol. The minimum Gasteiger partial charge on any atom is -0.367 e. The van der Waals surface area contributed by atoms with Crippen molar-refractivity contribution in [1.82, 2.24) is 9.97 Å². The lowest BCUT2D eigenvalue weighted by Crippen LogP contribution is -2.28. The largest absolute Gasteiger partial charge is 0.367 e. The molecular weight excluding hydrogens is 246 g/mol. The third-order valence-electron chi connectivity index (χ3n) is 3.95. The van der Waals surface area contributed by atoms with Crippen LogP contribution in [0, 0.1) is 6.92 Å². The summed E-state index contributed by atoms with van der Waals surface area (Å²) in [5.41, 5.74) is 4.08. The number of aromatic nitrogens is 2. The first kappa shape index (κ1) is 13.1. The smallest absolute Gasteiger partial charge is 0.130 e. The van der Waals surface area contributed by atoms with E-state index in [1.54, 1.807) is 0 Å². The fourth-order valence-corrected chi connectivity index (χ4v) is 2.91.